The van der Waals surface area contributed by atoms with Crippen LogP contribution in [-0.2, 0) is 12.8 Å². The summed E-state index contributed by atoms with van der Waals surface area (Å²) in [5, 5.41) is 0. The van der Waals surface area contributed by atoms with E-state index in [4.69, 9.17) is 9.47 Å². The third kappa shape index (κ3) is 3.51. The minimum Gasteiger partial charge on any atom is -0.497 e. The van der Waals surface area contributed by atoms with E-state index in [1.165, 1.54) is 5.56 Å². The van der Waals surface area contributed by atoms with Crippen LogP contribution in [0.15, 0.2) is 40.9 Å². The van der Waals surface area contributed by atoms with Gasteiger partial charge < -0.3 is 9.47 Å². The van der Waals surface area contributed by atoms with Crippen molar-refractivity contribution in [3.8, 4) is 11.5 Å². The Balaban J connectivity index is 2.10. The van der Waals surface area contributed by atoms with Gasteiger partial charge in [-0.3, -0.25) is 0 Å². The van der Waals surface area contributed by atoms with Gasteiger partial charge in [-0.15, -0.1) is 0 Å². The molecule has 2 rings (SSSR count). The molecule has 0 saturated heterocycles. The van der Waals surface area contributed by atoms with Gasteiger partial charge in [0, 0.05) is 0 Å². The molecule has 0 spiro atoms. The van der Waals surface area contributed by atoms with Crippen molar-refractivity contribution in [1.82, 2.24) is 0 Å². The van der Waals surface area contributed by atoms with Crippen molar-refractivity contribution in [1.29, 1.82) is 0 Å². The van der Waals surface area contributed by atoms with Crippen LogP contribution in [0.2, 0.25) is 0 Å². The van der Waals surface area contributed by atoms with E-state index in [1.54, 1.807) is 14.2 Å². The van der Waals surface area contributed by atoms with Gasteiger partial charge in [0.15, 0.2) is 0 Å². The van der Waals surface area contributed by atoms with Crippen molar-refractivity contribution in [3.05, 3.63) is 58.1 Å². The molecule has 1 radical (unpaired) electrons. The average molecular weight is 320 g/mol. The molecule has 19 heavy (non-hydrogen) atoms. The lowest BCUT2D eigenvalue weighted by Gasteiger charge is -2.09. The number of ether oxygens (including phenoxy) is 2. The van der Waals surface area contributed by atoms with Gasteiger partial charge in [0.05, 0.1) is 18.7 Å². The van der Waals surface area contributed by atoms with E-state index in [2.05, 4.69) is 34.1 Å². The number of halogens is 1. The molecule has 0 unspecified atom stereocenters. The minimum absolute atomic E-state index is 0.847. The molecule has 0 saturated carbocycles. The molecule has 99 valence electrons. The predicted molar refractivity (Wildman–Crippen MR) is 79.9 cm³/mol. The first-order valence-electron chi connectivity index (χ1n) is 6.10. The lowest BCUT2D eigenvalue weighted by Crippen LogP contribution is -1.95. The van der Waals surface area contributed by atoms with Crippen LogP contribution >= 0.6 is 15.9 Å². The Bertz CT molecular complexity index is 552. The minimum atomic E-state index is 0.847. The molecular formula is C16H16BrO2. The first-order chi connectivity index (χ1) is 9.24. The lowest BCUT2D eigenvalue weighted by molar-refractivity contribution is 0.411. The number of methoxy groups -OCH3 is 2. The highest BCUT2D eigenvalue weighted by atomic mass is 79.9. The summed E-state index contributed by atoms with van der Waals surface area (Å²) in [6.45, 7) is 0. The normalized spacial score (nSPS) is 10.3. The van der Waals surface area contributed by atoms with Crippen LogP contribution in [0.1, 0.15) is 11.1 Å². The van der Waals surface area contributed by atoms with Crippen molar-refractivity contribution < 1.29 is 9.47 Å². The zero-order chi connectivity index (χ0) is 13.7. The summed E-state index contributed by atoms with van der Waals surface area (Å²) in [6, 6.07) is 15.2. The van der Waals surface area contributed by atoms with Crippen molar-refractivity contribution in [2.45, 2.75) is 12.8 Å². The zero-order valence-electron chi connectivity index (χ0n) is 11.1. The Labute approximate surface area is 122 Å². The molecule has 0 N–H and O–H groups in total. The van der Waals surface area contributed by atoms with E-state index in [9.17, 15) is 0 Å². The number of aryl methyl sites for hydroxylation is 2. The maximum Gasteiger partial charge on any atom is 0.133 e. The van der Waals surface area contributed by atoms with E-state index in [0.29, 0.717) is 0 Å². The highest BCUT2D eigenvalue weighted by Gasteiger charge is 2.06. The predicted octanol–water partition coefficient (Wildman–Crippen LogP) is 4.05. The third-order valence-electron chi connectivity index (χ3n) is 2.99. The molecule has 0 atom stereocenters. The van der Waals surface area contributed by atoms with Crippen LogP contribution in [0.5, 0.6) is 11.5 Å². The highest BCUT2D eigenvalue weighted by Crippen LogP contribution is 2.29. The van der Waals surface area contributed by atoms with Crippen molar-refractivity contribution in [3.63, 3.8) is 0 Å². The summed E-state index contributed by atoms with van der Waals surface area (Å²) in [5.74, 6) is 1.74. The van der Waals surface area contributed by atoms with E-state index in [-0.39, 0.29) is 0 Å². The Morgan fingerprint density at radius 2 is 1.95 bits per heavy atom. The summed E-state index contributed by atoms with van der Waals surface area (Å²) in [7, 11) is 3.36. The maximum atomic E-state index is 5.29. The van der Waals surface area contributed by atoms with Crippen molar-refractivity contribution in [2.24, 2.45) is 0 Å². The van der Waals surface area contributed by atoms with Crippen LogP contribution in [0, 0.1) is 6.07 Å². The largest absolute Gasteiger partial charge is 0.497 e. The number of hydrogen-bond donors (Lipinski definition) is 0. The number of hydrogen-bond acceptors (Lipinski definition) is 2. The molecule has 2 nitrogen and oxygen atoms in total. The van der Waals surface area contributed by atoms with Crippen LogP contribution < -0.4 is 9.47 Å². The van der Waals surface area contributed by atoms with Gasteiger partial charge in [-0.25, -0.2) is 0 Å². The second-order valence-corrected chi connectivity index (χ2v) is 4.98. The summed E-state index contributed by atoms with van der Waals surface area (Å²) in [5.41, 5.74) is 2.38. The van der Waals surface area contributed by atoms with Crippen LogP contribution in [0.25, 0.3) is 0 Å². The monoisotopic (exact) mass is 319 g/mol. The van der Waals surface area contributed by atoms with Crippen LogP contribution in [0.4, 0.5) is 0 Å². The molecule has 0 aliphatic rings. The molecule has 2 aromatic rings. The third-order valence-corrected chi connectivity index (χ3v) is 3.86. The Morgan fingerprint density at radius 1 is 1.11 bits per heavy atom. The van der Waals surface area contributed by atoms with E-state index < -0.39 is 0 Å². The quantitative estimate of drug-likeness (QED) is 0.827. The SMILES string of the molecule is COc1cccc(CCc2[c]ccc(OC)c2Br)c1. The molecule has 0 aliphatic carbocycles. The second kappa shape index (κ2) is 6.62. The first kappa shape index (κ1) is 13.9. The Kier molecular flexibility index (Phi) is 4.86. The van der Waals surface area contributed by atoms with Crippen LogP contribution in [-0.4, -0.2) is 14.2 Å². The van der Waals surface area contributed by atoms with Gasteiger partial charge in [-0.1, -0.05) is 18.2 Å². The van der Waals surface area contributed by atoms with Crippen molar-refractivity contribution >= 4 is 15.9 Å². The fourth-order valence-corrected chi connectivity index (χ4v) is 2.55. The topological polar surface area (TPSA) is 18.5 Å². The fraction of sp³-hybridized carbons (Fsp3) is 0.250. The summed E-state index contributed by atoms with van der Waals surface area (Å²) in [6.07, 6.45) is 1.85. The molecule has 0 heterocycles. The maximum absolute atomic E-state index is 5.29. The molecule has 0 amide bonds. The molecule has 2 aromatic carbocycles. The molecule has 0 aromatic heterocycles. The van der Waals surface area contributed by atoms with E-state index >= 15 is 0 Å². The van der Waals surface area contributed by atoms with E-state index in [1.807, 2.05) is 24.3 Å². The first-order valence-corrected chi connectivity index (χ1v) is 6.90. The van der Waals surface area contributed by atoms with E-state index in [0.717, 1.165) is 34.4 Å². The average Bonchev–Trinajstić information content (AvgIpc) is 2.46. The molecular weight excluding hydrogens is 304 g/mol. The molecule has 0 bridgehead atoms. The van der Waals surface area contributed by atoms with Gasteiger partial charge in [-0.2, -0.15) is 0 Å². The van der Waals surface area contributed by atoms with Gasteiger partial charge in [0.2, 0.25) is 0 Å². The Morgan fingerprint density at radius 3 is 2.68 bits per heavy atom. The van der Waals surface area contributed by atoms with Crippen molar-refractivity contribution in [2.75, 3.05) is 14.2 Å². The van der Waals surface area contributed by atoms with Crippen LogP contribution in [0.3, 0.4) is 0 Å². The molecule has 0 fully saturated rings. The van der Waals surface area contributed by atoms with Gasteiger partial charge in [-0.05, 0) is 64.2 Å². The summed E-state index contributed by atoms with van der Waals surface area (Å²) >= 11 is 3.56. The smallest absolute Gasteiger partial charge is 0.133 e. The lowest BCUT2D eigenvalue weighted by atomic mass is 10.0. The zero-order valence-corrected chi connectivity index (χ0v) is 12.7. The van der Waals surface area contributed by atoms with Gasteiger partial charge in [0.1, 0.15) is 11.5 Å². The van der Waals surface area contributed by atoms with Gasteiger partial charge in [0.25, 0.3) is 0 Å². The Hall–Kier alpha value is -1.48. The summed E-state index contributed by atoms with van der Waals surface area (Å²) in [4.78, 5) is 0. The van der Waals surface area contributed by atoms with Gasteiger partial charge >= 0.3 is 0 Å². The fourth-order valence-electron chi connectivity index (χ4n) is 1.94. The molecule has 3 heteroatoms. The molecule has 0 aliphatic heterocycles. The summed E-state index contributed by atoms with van der Waals surface area (Å²) < 4.78 is 11.5. The highest BCUT2D eigenvalue weighted by molar-refractivity contribution is 9.10. The number of rotatable bonds is 5. The number of benzene rings is 2. The second-order valence-electron chi connectivity index (χ2n) is 4.19. The standard InChI is InChI=1S/C16H16BrO2/c1-18-14-7-3-5-12(11-14)9-10-13-6-4-8-15(19-2)16(13)17/h3-5,7-8,11H,9-10H2,1-2H3.